The fourth-order valence-electron chi connectivity index (χ4n) is 2.87. The average Bonchev–Trinajstić information content (AvgIpc) is 2.81. The zero-order valence-corrected chi connectivity index (χ0v) is 17.6. The summed E-state index contributed by atoms with van der Waals surface area (Å²) in [6, 6.07) is 10.9. The van der Waals surface area contributed by atoms with E-state index in [4.69, 9.17) is 4.74 Å². The molecule has 0 saturated heterocycles. The fraction of sp³-hybridized carbons (Fsp3) is 0.304. The molecule has 31 heavy (non-hydrogen) atoms. The number of hydrogen-bond donors (Lipinski definition) is 2. The Hall–Kier alpha value is -3.23. The number of alkyl halides is 1. The van der Waals surface area contributed by atoms with Gasteiger partial charge in [-0.25, -0.2) is 14.4 Å². The Morgan fingerprint density at radius 3 is 2.55 bits per heavy atom. The van der Waals surface area contributed by atoms with E-state index >= 15 is 0 Å². The van der Waals surface area contributed by atoms with E-state index in [0.717, 1.165) is 36.5 Å². The van der Waals surface area contributed by atoms with E-state index in [-0.39, 0.29) is 11.3 Å². The Morgan fingerprint density at radius 2 is 1.84 bits per heavy atom. The van der Waals surface area contributed by atoms with Gasteiger partial charge in [0.1, 0.15) is 18.2 Å². The number of nitrogens with one attached hydrogen (secondary N) is 2. The monoisotopic (exact) mass is 423 g/mol. The molecule has 1 unspecified atom stereocenters. The molecule has 8 heteroatoms. The van der Waals surface area contributed by atoms with Crippen LogP contribution in [-0.2, 0) is 0 Å². The number of rotatable bonds is 11. The first-order valence-corrected chi connectivity index (χ1v) is 10.1. The molecule has 0 fully saturated rings. The normalized spacial score (nSPS) is 11.8. The van der Waals surface area contributed by atoms with Crippen LogP contribution in [0.4, 0.5) is 4.39 Å². The summed E-state index contributed by atoms with van der Waals surface area (Å²) in [6.07, 6.45) is 2.34. The van der Waals surface area contributed by atoms with E-state index in [1.165, 1.54) is 18.5 Å². The highest BCUT2D eigenvalue weighted by molar-refractivity contribution is 5.99. The van der Waals surface area contributed by atoms with Crippen molar-refractivity contribution in [1.29, 1.82) is 0 Å². The van der Waals surface area contributed by atoms with Crippen molar-refractivity contribution in [3.8, 4) is 16.9 Å². The van der Waals surface area contributed by atoms with Gasteiger partial charge in [-0.15, -0.1) is 0 Å². The van der Waals surface area contributed by atoms with Gasteiger partial charge in [0.2, 0.25) is 12.0 Å². The molecule has 0 amide bonds. The number of pyridine rings is 1. The number of ketones is 1. The third kappa shape index (κ3) is 6.37. The third-order valence-electron chi connectivity index (χ3n) is 4.61. The molecular formula is C23H26FN5O2. The first kappa shape index (κ1) is 22.5. The minimum Gasteiger partial charge on any atom is -0.492 e. The van der Waals surface area contributed by atoms with E-state index in [0.29, 0.717) is 12.4 Å². The Kier molecular flexibility index (Phi) is 8.14. The molecule has 2 aromatic heterocycles. The molecule has 0 aliphatic rings. The Balaban J connectivity index is 1.61. The van der Waals surface area contributed by atoms with Gasteiger partial charge in [0.15, 0.2) is 0 Å². The van der Waals surface area contributed by atoms with Crippen LogP contribution in [0.3, 0.4) is 0 Å². The second-order valence-electron chi connectivity index (χ2n) is 6.95. The number of carbonyl (C=O) groups is 1. The van der Waals surface area contributed by atoms with Crippen LogP contribution in [0.2, 0.25) is 0 Å². The van der Waals surface area contributed by atoms with E-state index in [1.807, 2.05) is 31.3 Å². The summed E-state index contributed by atoms with van der Waals surface area (Å²) in [5.74, 6) is 0.555. The van der Waals surface area contributed by atoms with Crippen molar-refractivity contribution in [2.24, 2.45) is 0 Å². The number of nitrogens with zero attached hydrogens (tertiary/aromatic N) is 3. The number of ether oxygens (including phenoxy) is 1. The molecule has 3 rings (SSSR count). The van der Waals surface area contributed by atoms with Crippen LogP contribution in [0.1, 0.15) is 28.0 Å². The SMILES string of the molecule is CNCCNCCOc1cccc(-c2ccc(C(F)C(=O)c3cnc(C)nc3)nc2)c1. The van der Waals surface area contributed by atoms with Gasteiger partial charge in [-0.05, 0) is 37.7 Å². The van der Waals surface area contributed by atoms with Gasteiger partial charge >= 0.3 is 0 Å². The predicted molar refractivity (Wildman–Crippen MR) is 117 cm³/mol. The van der Waals surface area contributed by atoms with Gasteiger partial charge in [-0.3, -0.25) is 9.78 Å². The van der Waals surface area contributed by atoms with E-state index < -0.39 is 12.0 Å². The number of likely N-dealkylation sites (N-methyl/N-ethyl adjacent to an activating group) is 1. The molecule has 0 aliphatic heterocycles. The minimum atomic E-state index is -1.87. The van der Waals surface area contributed by atoms with Crippen LogP contribution in [0.5, 0.6) is 5.75 Å². The molecule has 7 nitrogen and oxygen atoms in total. The van der Waals surface area contributed by atoms with Crippen LogP contribution < -0.4 is 15.4 Å². The Labute approximate surface area is 181 Å². The molecular weight excluding hydrogens is 397 g/mol. The van der Waals surface area contributed by atoms with Crippen LogP contribution in [0.15, 0.2) is 55.0 Å². The summed E-state index contributed by atoms with van der Waals surface area (Å²) >= 11 is 0. The van der Waals surface area contributed by atoms with E-state index in [9.17, 15) is 9.18 Å². The van der Waals surface area contributed by atoms with Crippen molar-refractivity contribution in [2.75, 3.05) is 33.3 Å². The van der Waals surface area contributed by atoms with Gasteiger partial charge in [-0.1, -0.05) is 18.2 Å². The lowest BCUT2D eigenvalue weighted by atomic mass is 10.0. The zero-order valence-electron chi connectivity index (χ0n) is 17.6. The van der Waals surface area contributed by atoms with Gasteiger partial charge in [0.25, 0.3) is 0 Å². The average molecular weight is 423 g/mol. The summed E-state index contributed by atoms with van der Waals surface area (Å²) < 4.78 is 20.4. The molecule has 162 valence electrons. The maximum atomic E-state index is 14.7. The van der Waals surface area contributed by atoms with Crippen molar-refractivity contribution in [3.63, 3.8) is 0 Å². The molecule has 1 atom stereocenters. The molecule has 2 N–H and O–H groups in total. The zero-order chi connectivity index (χ0) is 22.1. The van der Waals surface area contributed by atoms with Crippen molar-refractivity contribution in [3.05, 3.63) is 72.1 Å². The van der Waals surface area contributed by atoms with Crippen molar-refractivity contribution < 1.29 is 13.9 Å². The molecule has 0 saturated carbocycles. The summed E-state index contributed by atoms with van der Waals surface area (Å²) in [4.78, 5) is 24.4. The fourth-order valence-corrected chi connectivity index (χ4v) is 2.87. The number of carbonyl (C=O) groups excluding carboxylic acids is 1. The van der Waals surface area contributed by atoms with Gasteiger partial charge in [0, 0.05) is 43.8 Å². The van der Waals surface area contributed by atoms with Crippen molar-refractivity contribution in [2.45, 2.75) is 13.1 Å². The van der Waals surface area contributed by atoms with Crippen molar-refractivity contribution >= 4 is 5.78 Å². The number of hydrogen-bond acceptors (Lipinski definition) is 7. The highest BCUT2D eigenvalue weighted by Gasteiger charge is 2.23. The number of aryl methyl sites for hydroxylation is 1. The molecule has 3 aromatic rings. The van der Waals surface area contributed by atoms with Crippen LogP contribution in [0.25, 0.3) is 11.1 Å². The quantitative estimate of drug-likeness (QED) is 0.362. The van der Waals surface area contributed by atoms with Gasteiger partial charge in [0.05, 0.1) is 11.3 Å². The van der Waals surface area contributed by atoms with Gasteiger partial charge in [-0.2, -0.15) is 0 Å². The summed E-state index contributed by atoms with van der Waals surface area (Å²) in [5.41, 5.74) is 1.87. The molecule has 0 spiro atoms. The smallest absolute Gasteiger partial charge is 0.206 e. The molecule has 2 heterocycles. The molecule has 0 aliphatic carbocycles. The predicted octanol–water partition coefficient (Wildman–Crippen LogP) is 2.93. The van der Waals surface area contributed by atoms with Crippen molar-refractivity contribution in [1.82, 2.24) is 25.6 Å². The second-order valence-corrected chi connectivity index (χ2v) is 6.95. The van der Waals surface area contributed by atoms with E-state index in [2.05, 4.69) is 25.6 Å². The van der Waals surface area contributed by atoms with Crippen LogP contribution >= 0.6 is 0 Å². The van der Waals surface area contributed by atoms with E-state index in [1.54, 1.807) is 19.2 Å². The number of halogens is 1. The molecule has 1 aromatic carbocycles. The third-order valence-corrected chi connectivity index (χ3v) is 4.61. The first-order valence-electron chi connectivity index (χ1n) is 10.1. The topological polar surface area (TPSA) is 89.0 Å². The summed E-state index contributed by atoms with van der Waals surface area (Å²) in [5, 5.41) is 6.35. The summed E-state index contributed by atoms with van der Waals surface area (Å²) in [7, 11) is 1.91. The maximum Gasteiger partial charge on any atom is 0.206 e. The standard InChI is InChI=1S/C23H26FN5O2/c1-16-27-14-19(15-28-16)23(30)22(24)21-7-6-18(13-29-21)17-4-3-5-20(12-17)31-11-10-26-9-8-25-2/h3-7,12-15,22,25-26H,8-11H2,1-2H3. The number of aromatic nitrogens is 3. The van der Waals surface area contributed by atoms with Crippen LogP contribution in [0, 0.1) is 6.92 Å². The second kappa shape index (κ2) is 11.2. The highest BCUT2D eigenvalue weighted by Crippen LogP contribution is 2.26. The highest BCUT2D eigenvalue weighted by atomic mass is 19.1. The lowest BCUT2D eigenvalue weighted by Crippen LogP contribution is -2.28. The largest absolute Gasteiger partial charge is 0.492 e. The van der Waals surface area contributed by atoms with Crippen LogP contribution in [-0.4, -0.2) is 54.0 Å². The molecule has 0 bridgehead atoms. The maximum absolute atomic E-state index is 14.7. The van der Waals surface area contributed by atoms with Gasteiger partial charge < -0.3 is 15.4 Å². The Bertz CT molecular complexity index is 980. The Morgan fingerprint density at radius 1 is 1.03 bits per heavy atom. The lowest BCUT2D eigenvalue weighted by Gasteiger charge is -2.10. The summed E-state index contributed by atoms with van der Waals surface area (Å²) in [6.45, 7) is 4.79. The number of Topliss-reactive ketones (excluding diaryl/α,β-unsaturated/α-hetero) is 1. The minimum absolute atomic E-state index is 0.0503. The molecule has 0 radical (unpaired) electrons. The number of benzene rings is 1. The first-order chi connectivity index (χ1) is 15.1. The lowest BCUT2D eigenvalue weighted by molar-refractivity contribution is 0.0873.